The molecule has 10 heteroatoms. The molecule has 0 bridgehead atoms. The first-order chi connectivity index (χ1) is 49.5. The van der Waals surface area contributed by atoms with E-state index < -0.39 is 0 Å². The fourth-order valence-electron chi connectivity index (χ4n) is 13.8. The zero-order chi connectivity index (χ0) is 66.0. The van der Waals surface area contributed by atoms with Crippen LogP contribution >= 0.6 is 0 Å². The SMILES string of the molecule is c1cc(-c2ccc3ccc(-c4ccc5ccc(-c6cccc7cccnc67)nc5c4)cc3n2)cc(-c2ccc3ccc4cccnc4c3n2)c1.c1cnc2c(-c3ccc4ccc(-c5ccc6ccc(-c7ccc(-c8ccc9ccc%10cccnc%10c9n8)cc7)nc6c5)cc4n3)cccc2c1. The molecule has 0 unspecified atom stereocenters. The van der Waals surface area contributed by atoms with Crippen molar-refractivity contribution in [2.24, 2.45) is 0 Å². The van der Waals surface area contributed by atoms with Gasteiger partial charge in [0.05, 0.1) is 89.3 Å². The molecule has 20 rings (SSSR count). The highest BCUT2D eigenvalue weighted by Crippen LogP contribution is 2.37. The first-order valence-electron chi connectivity index (χ1n) is 33.3. The number of hydrogen-bond donors (Lipinski definition) is 0. The Kier molecular flexibility index (Phi) is 14.0. The molecule has 0 aliphatic heterocycles. The minimum atomic E-state index is 0.908. The molecule has 0 aliphatic rings. The molecular formula is C90H54N10. The van der Waals surface area contributed by atoms with Crippen molar-refractivity contribution in [2.45, 2.75) is 0 Å². The third-order valence-corrected chi connectivity index (χ3v) is 19.0. The number of para-hydroxylation sites is 2. The minimum Gasteiger partial charge on any atom is -0.256 e. The Hall–Kier alpha value is -13.7. The average Bonchev–Trinajstić information content (AvgIpc) is 0.795. The lowest BCUT2D eigenvalue weighted by atomic mass is 10.00. The molecule has 100 heavy (non-hydrogen) atoms. The van der Waals surface area contributed by atoms with Gasteiger partial charge in [-0.3, -0.25) is 19.9 Å². The summed E-state index contributed by atoms with van der Waals surface area (Å²) in [5, 5.41) is 10.9. The van der Waals surface area contributed by atoms with Gasteiger partial charge in [0, 0.05) is 112 Å². The van der Waals surface area contributed by atoms with Crippen LogP contribution in [0.15, 0.2) is 328 Å². The van der Waals surface area contributed by atoms with Gasteiger partial charge in [-0.05, 0) is 113 Å². The summed E-state index contributed by atoms with van der Waals surface area (Å²) in [5.74, 6) is 0. The molecule has 0 saturated carbocycles. The van der Waals surface area contributed by atoms with Gasteiger partial charge in [0.2, 0.25) is 0 Å². The normalized spacial score (nSPS) is 11.6. The molecule has 0 spiro atoms. The lowest BCUT2D eigenvalue weighted by Gasteiger charge is -2.10. The van der Waals surface area contributed by atoms with Crippen LogP contribution in [0.5, 0.6) is 0 Å². The maximum absolute atomic E-state index is 5.15. The lowest BCUT2D eigenvalue weighted by molar-refractivity contribution is 1.36. The topological polar surface area (TPSA) is 129 Å². The van der Waals surface area contributed by atoms with Crippen molar-refractivity contribution in [3.63, 3.8) is 0 Å². The highest BCUT2D eigenvalue weighted by Gasteiger charge is 2.15. The molecule has 10 heterocycles. The van der Waals surface area contributed by atoms with Crippen LogP contribution in [0.25, 0.3) is 199 Å². The Morgan fingerprint density at radius 3 is 0.810 bits per heavy atom. The van der Waals surface area contributed by atoms with E-state index >= 15 is 0 Å². The Bertz CT molecular complexity index is 6680. The highest BCUT2D eigenvalue weighted by atomic mass is 14.8. The van der Waals surface area contributed by atoms with E-state index in [2.05, 4.69) is 299 Å². The van der Waals surface area contributed by atoms with Crippen LogP contribution in [0, 0.1) is 0 Å². The van der Waals surface area contributed by atoms with Crippen molar-refractivity contribution < 1.29 is 0 Å². The van der Waals surface area contributed by atoms with Crippen molar-refractivity contribution in [1.29, 1.82) is 0 Å². The monoisotopic (exact) mass is 1270 g/mol. The molecule has 20 aromatic rings. The van der Waals surface area contributed by atoms with E-state index in [4.69, 9.17) is 29.9 Å². The van der Waals surface area contributed by atoms with E-state index in [0.29, 0.717) is 0 Å². The van der Waals surface area contributed by atoms with E-state index in [1.54, 1.807) is 0 Å². The molecule has 0 atom stereocenters. The second-order valence-electron chi connectivity index (χ2n) is 25.2. The zero-order valence-electron chi connectivity index (χ0n) is 53.6. The van der Waals surface area contributed by atoms with Crippen molar-refractivity contribution in [3.8, 4) is 89.8 Å². The standard InChI is InChI=1S/2C45H27N5/c1-6-35(25-36(7-1)39-21-19-32-14-13-31-9-4-24-47-44(31)45(32)50-39)38-20-17-28-11-15-33(26-41(28)48-38)34-16-12-29-18-22-40(49-42(29)27-34)37-10-2-5-30-8-3-23-46-43(30)37;1-4-32-5-2-24-46-43(32)37(7-1)40-23-19-31-13-17-36(27-42(31)49-40)35-16-12-30-18-21-38(48-41(30)26-35)28-8-10-29(11-9-28)39-22-20-34-15-14-33-6-3-25-47-44(33)45(34)50-39/h2*1-27H. The van der Waals surface area contributed by atoms with Crippen molar-refractivity contribution in [2.75, 3.05) is 0 Å². The molecule has 0 fully saturated rings. The summed E-state index contributed by atoms with van der Waals surface area (Å²) < 4.78 is 0. The fourth-order valence-corrected chi connectivity index (χ4v) is 13.8. The number of aromatic nitrogens is 10. The highest BCUT2D eigenvalue weighted by molar-refractivity contribution is 6.05. The maximum Gasteiger partial charge on any atom is 0.0972 e. The number of rotatable bonds is 8. The van der Waals surface area contributed by atoms with Gasteiger partial charge in [-0.1, -0.05) is 212 Å². The van der Waals surface area contributed by atoms with E-state index in [-0.39, 0.29) is 0 Å². The Balaban J connectivity index is 0.000000139. The number of benzene rings is 10. The number of nitrogens with zero attached hydrogens (tertiary/aromatic N) is 10. The minimum absolute atomic E-state index is 0.908. The average molecular weight is 1280 g/mol. The first-order valence-corrected chi connectivity index (χ1v) is 33.3. The first kappa shape index (κ1) is 57.7. The summed E-state index contributed by atoms with van der Waals surface area (Å²) in [4.78, 5) is 49.1. The zero-order valence-corrected chi connectivity index (χ0v) is 53.6. The summed E-state index contributed by atoms with van der Waals surface area (Å²) in [6.45, 7) is 0. The quantitative estimate of drug-likeness (QED) is 0.136. The third kappa shape index (κ3) is 10.7. The van der Waals surface area contributed by atoms with Crippen LogP contribution in [-0.4, -0.2) is 49.8 Å². The predicted molar refractivity (Wildman–Crippen MR) is 409 cm³/mol. The van der Waals surface area contributed by atoms with Gasteiger partial charge in [-0.2, -0.15) is 0 Å². The summed E-state index contributed by atoms with van der Waals surface area (Å²) in [5.41, 5.74) is 25.5. The van der Waals surface area contributed by atoms with Gasteiger partial charge in [-0.15, -0.1) is 0 Å². The van der Waals surface area contributed by atoms with Crippen LogP contribution in [0.3, 0.4) is 0 Å². The third-order valence-electron chi connectivity index (χ3n) is 19.0. The van der Waals surface area contributed by atoms with Crippen molar-refractivity contribution >= 4 is 109 Å². The molecule has 10 nitrogen and oxygen atoms in total. The molecule has 0 aliphatic carbocycles. The maximum atomic E-state index is 5.15. The number of pyridine rings is 10. The van der Waals surface area contributed by atoms with E-state index in [1.807, 2.05) is 49.1 Å². The van der Waals surface area contributed by atoms with Crippen LogP contribution in [0.1, 0.15) is 0 Å². The lowest BCUT2D eigenvalue weighted by Crippen LogP contribution is -1.91. The molecule has 0 N–H and O–H groups in total. The van der Waals surface area contributed by atoms with E-state index in [0.717, 1.165) is 199 Å². The van der Waals surface area contributed by atoms with Crippen molar-refractivity contribution in [3.05, 3.63) is 328 Å². The molecule has 10 aromatic heterocycles. The molecule has 0 saturated heterocycles. The fraction of sp³-hybridized carbons (Fsp3) is 0. The molecular weight excluding hydrogens is 1220 g/mol. The van der Waals surface area contributed by atoms with Crippen LogP contribution in [-0.2, 0) is 0 Å². The van der Waals surface area contributed by atoms with E-state index in [9.17, 15) is 0 Å². The Morgan fingerprint density at radius 2 is 0.410 bits per heavy atom. The number of hydrogen-bond acceptors (Lipinski definition) is 10. The van der Waals surface area contributed by atoms with Gasteiger partial charge >= 0.3 is 0 Å². The van der Waals surface area contributed by atoms with Crippen molar-refractivity contribution in [1.82, 2.24) is 49.8 Å². The largest absolute Gasteiger partial charge is 0.256 e. The Labute approximate surface area is 573 Å². The smallest absolute Gasteiger partial charge is 0.0972 e. The van der Waals surface area contributed by atoms with Crippen LogP contribution < -0.4 is 0 Å². The predicted octanol–water partition coefficient (Wildman–Crippen LogP) is 22.2. The van der Waals surface area contributed by atoms with Gasteiger partial charge in [0.25, 0.3) is 0 Å². The van der Waals surface area contributed by atoms with Gasteiger partial charge in [-0.25, -0.2) is 29.9 Å². The van der Waals surface area contributed by atoms with Crippen LogP contribution in [0.2, 0.25) is 0 Å². The molecule has 10 aromatic carbocycles. The number of fused-ring (bicyclic) bond motifs is 12. The summed E-state index contributed by atoms with van der Waals surface area (Å²) in [7, 11) is 0. The second kappa shape index (κ2) is 24.2. The van der Waals surface area contributed by atoms with Gasteiger partial charge < -0.3 is 0 Å². The molecule has 464 valence electrons. The molecule has 0 radical (unpaired) electrons. The second-order valence-corrected chi connectivity index (χ2v) is 25.2. The summed E-state index contributed by atoms with van der Waals surface area (Å²) in [6, 6.07) is 105. The van der Waals surface area contributed by atoms with E-state index in [1.165, 1.54) is 0 Å². The van der Waals surface area contributed by atoms with Gasteiger partial charge in [0.15, 0.2) is 0 Å². The van der Waals surface area contributed by atoms with Gasteiger partial charge in [0.1, 0.15) is 0 Å². The van der Waals surface area contributed by atoms with Crippen LogP contribution in [0.4, 0.5) is 0 Å². The Morgan fingerprint density at radius 1 is 0.150 bits per heavy atom. The molecule has 0 amide bonds. The summed E-state index contributed by atoms with van der Waals surface area (Å²) >= 11 is 0. The summed E-state index contributed by atoms with van der Waals surface area (Å²) in [6.07, 6.45) is 7.32.